The van der Waals surface area contributed by atoms with E-state index in [1.807, 2.05) is 27.3 Å². The van der Waals surface area contributed by atoms with Gasteiger partial charge in [-0.2, -0.15) is 0 Å². The highest BCUT2D eigenvalue weighted by molar-refractivity contribution is 7.98. The summed E-state index contributed by atoms with van der Waals surface area (Å²) in [6, 6.07) is 8.23. The molecule has 0 saturated carbocycles. The molecular weight excluding hydrogens is 482 g/mol. The van der Waals surface area contributed by atoms with Gasteiger partial charge in [-0.3, -0.25) is 9.59 Å². The number of thioether (sulfide) groups is 1. The van der Waals surface area contributed by atoms with Crippen molar-refractivity contribution in [2.24, 2.45) is 0 Å². The summed E-state index contributed by atoms with van der Waals surface area (Å²) in [6.07, 6.45) is 6.63. The molecule has 0 N–H and O–H groups in total. The number of ether oxygens (including phenoxy) is 2. The molecule has 0 atom stereocenters. The van der Waals surface area contributed by atoms with Gasteiger partial charge in [0, 0.05) is 55.2 Å². The van der Waals surface area contributed by atoms with E-state index in [0.29, 0.717) is 44.0 Å². The maximum absolute atomic E-state index is 13.1. The van der Waals surface area contributed by atoms with Crippen LogP contribution in [-0.4, -0.2) is 78.0 Å². The van der Waals surface area contributed by atoms with Crippen LogP contribution in [0.5, 0.6) is 0 Å². The molecule has 3 aliphatic heterocycles. The molecule has 0 bridgehead atoms. The highest BCUT2D eigenvalue weighted by Crippen LogP contribution is 2.33. The highest BCUT2D eigenvalue weighted by Gasteiger charge is 2.40. The van der Waals surface area contributed by atoms with Crippen molar-refractivity contribution >= 4 is 34.9 Å². The van der Waals surface area contributed by atoms with Crippen LogP contribution in [0.4, 0.5) is 0 Å². The van der Waals surface area contributed by atoms with Crippen molar-refractivity contribution in [2.45, 2.75) is 55.1 Å². The summed E-state index contributed by atoms with van der Waals surface area (Å²) in [5.41, 5.74) is 1.60. The molecule has 1 aromatic heterocycles. The van der Waals surface area contributed by atoms with Gasteiger partial charge in [0.25, 0.3) is 5.91 Å². The normalized spacial score (nSPS) is 20.8. The maximum Gasteiger partial charge on any atom is 0.273 e. The summed E-state index contributed by atoms with van der Waals surface area (Å²) in [4.78, 5) is 35.6. The number of aromatic nitrogens is 1. The van der Waals surface area contributed by atoms with E-state index in [1.54, 1.807) is 23.1 Å². The predicted octanol–water partition coefficient (Wildman–Crippen LogP) is 4.18. The lowest BCUT2D eigenvalue weighted by molar-refractivity contribution is -0.281. The van der Waals surface area contributed by atoms with Crippen LogP contribution < -0.4 is 0 Å². The van der Waals surface area contributed by atoms with E-state index in [-0.39, 0.29) is 11.8 Å². The fourth-order valence-electron chi connectivity index (χ4n) is 5.10. The smallest absolute Gasteiger partial charge is 0.273 e. The van der Waals surface area contributed by atoms with Gasteiger partial charge in [0.2, 0.25) is 5.91 Å². The Labute approximate surface area is 215 Å². The molecule has 35 heavy (non-hydrogen) atoms. The number of hydrogen-bond acceptors (Lipinski definition) is 7. The Hall–Kier alpha value is -1.94. The van der Waals surface area contributed by atoms with Crippen LogP contribution in [0.15, 0.2) is 34.5 Å². The first-order valence-corrected chi connectivity index (χ1v) is 14.6. The lowest BCUT2D eigenvalue weighted by Gasteiger charge is -2.43. The third-order valence-electron chi connectivity index (χ3n) is 7.28. The van der Waals surface area contributed by atoms with Crippen molar-refractivity contribution in [3.8, 4) is 0 Å². The monoisotopic (exact) mass is 515 g/mol. The van der Waals surface area contributed by atoms with Gasteiger partial charge in [-0.25, -0.2) is 4.98 Å². The molecule has 1 aromatic carbocycles. The lowest BCUT2D eigenvalue weighted by atomic mass is 9.97. The Morgan fingerprint density at radius 2 is 1.74 bits per heavy atom. The standard InChI is InChI=1S/C26H33N3O4S2/c1-34-21-5-3-19(4-6-21)17-23(30)28-11-7-20(8-12-28)24-27-22(18-35-24)25(31)29-13-9-26(10-14-29)32-15-2-16-33-26/h3-6,18,20H,2,7-17H2,1H3. The quantitative estimate of drug-likeness (QED) is 0.557. The Morgan fingerprint density at radius 1 is 1.06 bits per heavy atom. The van der Waals surface area contributed by atoms with Crippen LogP contribution in [0.3, 0.4) is 0 Å². The van der Waals surface area contributed by atoms with Crippen molar-refractivity contribution in [1.82, 2.24) is 14.8 Å². The molecule has 5 rings (SSSR count). The first-order chi connectivity index (χ1) is 17.0. The Balaban J connectivity index is 1.11. The molecule has 3 saturated heterocycles. The Bertz CT molecular complexity index is 1020. The van der Waals surface area contributed by atoms with E-state index < -0.39 is 5.79 Å². The fraction of sp³-hybridized carbons (Fsp3) is 0.577. The van der Waals surface area contributed by atoms with Gasteiger partial charge in [0.1, 0.15) is 5.69 Å². The molecule has 0 unspecified atom stereocenters. The zero-order chi connectivity index (χ0) is 24.3. The summed E-state index contributed by atoms with van der Waals surface area (Å²) in [5, 5.41) is 2.91. The number of thiazole rings is 1. The number of carbonyl (C=O) groups excluding carboxylic acids is 2. The molecule has 0 radical (unpaired) electrons. The molecule has 2 amide bonds. The van der Waals surface area contributed by atoms with Crippen LogP contribution >= 0.6 is 23.1 Å². The average molecular weight is 516 g/mol. The van der Waals surface area contributed by atoms with Gasteiger partial charge >= 0.3 is 0 Å². The number of nitrogens with zero attached hydrogens (tertiary/aromatic N) is 3. The van der Waals surface area contributed by atoms with Crippen molar-refractivity contribution < 1.29 is 19.1 Å². The fourth-order valence-corrected chi connectivity index (χ4v) is 6.47. The average Bonchev–Trinajstić information content (AvgIpc) is 3.40. The van der Waals surface area contributed by atoms with E-state index >= 15 is 0 Å². The first-order valence-electron chi connectivity index (χ1n) is 12.5. The van der Waals surface area contributed by atoms with Gasteiger partial charge in [0.15, 0.2) is 5.79 Å². The highest BCUT2D eigenvalue weighted by atomic mass is 32.2. The second kappa shape index (κ2) is 11.0. The topological polar surface area (TPSA) is 72.0 Å². The minimum atomic E-state index is -0.494. The Kier molecular flexibility index (Phi) is 7.77. The molecule has 7 nitrogen and oxygen atoms in total. The molecule has 0 aliphatic carbocycles. The maximum atomic E-state index is 13.1. The first kappa shape index (κ1) is 24.7. The third kappa shape index (κ3) is 5.74. The van der Waals surface area contributed by atoms with E-state index in [4.69, 9.17) is 14.5 Å². The number of carbonyl (C=O) groups is 2. The van der Waals surface area contributed by atoms with Gasteiger partial charge in [0.05, 0.1) is 24.6 Å². The summed E-state index contributed by atoms with van der Waals surface area (Å²) >= 11 is 3.28. The van der Waals surface area contributed by atoms with E-state index in [1.165, 1.54) is 4.90 Å². The number of benzene rings is 1. The molecule has 1 spiro atoms. The second-order valence-electron chi connectivity index (χ2n) is 9.50. The van der Waals surface area contributed by atoms with Crippen molar-refractivity contribution in [3.05, 3.63) is 45.9 Å². The zero-order valence-corrected chi connectivity index (χ0v) is 21.9. The lowest BCUT2D eigenvalue weighted by Crippen LogP contribution is -2.51. The van der Waals surface area contributed by atoms with Crippen LogP contribution in [0, 0.1) is 0 Å². The molecule has 9 heteroatoms. The SMILES string of the molecule is CSc1ccc(CC(=O)N2CCC(c3nc(C(=O)N4CCC5(CC4)OCCCO5)cs3)CC2)cc1. The van der Waals surface area contributed by atoms with Gasteiger partial charge < -0.3 is 19.3 Å². The molecule has 188 valence electrons. The summed E-state index contributed by atoms with van der Waals surface area (Å²) in [6.45, 7) is 4.21. The minimum Gasteiger partial charge on any atom is -0.350 e. The second-order valence-corrected chi connectivity index (χ2v) is 11.3. The number of rotatable bonds is 5. The van der Waals surface area contributed by atoms with E-state index in [9.17, 15) is 9.59 Å². The number of hydrogen-bond donors (Lipinski definition) is 0. The molecular formula is C26H33N3O4S2. The molecule has 4 heterocycles. The largest absolute Gasteiger partial charge is 0.350 e. The van der Waals surface area contributed by atoms with Gasteiger partial charge in [-0.1, -0.05) is 12.1 Å². The van der Waals surface area contributed by atoms with Crippen LogP contribution in [-0.2, 0) is 20.7 Å². The molecule has 3 fully saturated rings. The number of amides is 2. The Morgan fingerprint density at radius 3 is 2.40 bits per heavy atom. The van der Waals surface area contributed by atoms with Crippen molar-refractivity contribution in [2.75, 3.05) is 45.6 Å². The summed E-state index contributed by atoms with van der Waals surface area (Å²) in [5.74, 6) is -0.00588. The van der Waals surface area contributed by atoms with Crippen LogP contribution in [0.25, 0.3) is 0 Å². The van der Waals surface area contributed by atoms with Crippen LogP contribution in [0.2, 0.25) is 0 Å². The van der Waals surface area contributed by atoms with Crippen LogP contribution in [0.1, 0.15) is 59.1 Å². The van der Waals surface area contributed by atoms with E-state index in [2.05, 4.69) is 18.4 Å². The number of piperidine rings is 2. The summed E-state index contributed by atoms with van der Waals surface area (Å²) < 4.78 is 11.8. The van der Waals surface area contributed by atoms with E-state index in [0.717, 1.165) is 56.1 Å². The van der Waals surface area contributed by atoms with Gasteiger partial charge in [-0.15, -0.1) is 23.1 Å². The molecule has 3 aliphatic rings. The van der Waals surface area contributed by atoms with Gasteiger partial charge in [-0.05, 0) is 43.2 Å². The van der Waals surface area contributed by atoms with Crippen molar-refractivity contribution in [1.29, 1.82) is 0 Å². The minimum absolute atomic E-state index is 0.00161. The third-order valence-corrected chi connectivity index (χ3v) is 9.03. The zero-order valence-electron chi connectivity index (χ0n) is 20.2. The predicted molar refractivity (Wildman–Crippen MR) is 137 cm³/mol. The summed E-state index contributed by atoms with van der Waals surface area (Å²) in [7, 11) is 0. The van der Waals surface area contributed by atoms with Crippen molar-refractivity contribution in [3.63, 3.8) is 0 Å². The number of likely N-dealkylation sites (tertiary alicyclic amines) is 2. The molecule has 2 aromatic rings.